The Morgan fingerprint density at radius 1 is 1.11 bits per heavy atom. The molecule has 0 radical (unpaired) electrons. The van der Waals surface area contributed by atoms with Crippen molar-refractivity contribution in [1.29, 1.82) is 0 Å². The first-order valence-electron chi connectivity index (χ1n) is 7.82. The highest BCUT2D eigenvalue weighted by Gasteiger charge is 2.27. The summed E-state index contributed by atoms with van der Waals surface area (Å²) in [7, 11) is 0. The van der Waals surface area contributed by atoms with Crippen molar-refractivity contribution >= 4 is 6.03 Å². The zero-order chi connectivity index (χ0) is 13.8. The predicted octanol–water partition coefficient (Wildman–Crippen LogP) is 2.11. The maximum absolute atomic E-state index is 12.5. The van der Waals surface area contributed by atoms with Gasteiger partial charge in [0.05, 0.1) is 0 Å². The number of piperazine rings is 1. The molecular formula is C15H29N3O. The van der Waals surface area contributed by atoms with Gasteiger partial charge in [0.25, 0.3) is 0 Å². The minimum absolute atomic E-state index is 0.274. The fourth-order valence-electron chi connectivity index (χ4n) is 3.20. The summed E-state index contributed by atoms with van der Waals surface area (Å²) < 4.78 is 0. The van der Waals surface area contributed by atoms with E-state index in [-0.39, 0.29) is 6.03 Å². The molecule has 2 saturated heterocycles. The minimum Gasteiger partial charge on any atom is -0.324 e. The van der Waals surface area contributed by atoms with Gasteiger partial charge >= 0.3 is 6.03 Å². The van der Waals surface area contributed by atoms with Gasteiger partial charge in [0.15, 0.2) is 0 Å². The second-order valence-corrected chi connectivity index (χ2v) is 6.66. The van der Waals surface area contributed by atoms with Gasteiger partial charge in [0.1, 0.15) is 0 Å². The molecule has 0 aromatic rings. The molecule has 2 fully saturated rings. The van der Waals surface area contributed by atoms with E-state index in [9.17, 15) is 4.79 Å². The van der Waals surface area contributed by atoms with Gasteiger partial charge in [-0.1, -0.05) is 20.8 Å². The lowest BCUT2D eigenvalue weighted by Gasteiger charge is -2.40. The Hall–Kier alpha value is -0.770. The molecule has 2 aliphatic heterocycles. The SMILES string of the molecule is CC(C)CN1CCN(C(=O)N2CCCC(C)C2)CC1. The van der Waals surface area contributed by atoms with E-state index in [1.54, 1.807) is 0 Å². The van der Waals surface area contributed by atoms with Crippen molar-refractivity contribution in [3.05, 3.63) is 0 Å². The van der Waals surface area contributed by atoms with Crippen molar-refractivity contribution < 1.29 is 4.79 Å². The van der Waals surface area contributed by atoms with E-state index in [1.165, 1.54) is 12.8 Å². The highest BCUT2D eigenvalue weighted by Crippen LogP contribution is 2.17. The van der Waals surface area contributed by atoms with Crippen LogP contribution in [-0.4, -0.2) is 66.5 Å². The van der Waals surface area contributed by atoms with Crippen molar-refractivity contribution in [2.24, 2.45) is 11.8 Å². The third-order valence-corrected chi connectivity index (χ3v) is 4.19. The van der Waals surface area contributed by atoms with Gasteiger partial charge in [-0.25, -0.2) is 4.79 Å². The molecule has 0 aromatic heterocycles. The number of carbonyl (C=O) groups excluding carboxylic acids is 1. The Labute approximate surface area is 117 Å². The number of urea groups is 1. The first-order valence-corrected chi connectivity index (χ1v) is 7.82. The largest absolute Gasteiger partial charge is 0.324 e. The second-order valence-electron chi connectivity index (χ2n) is 6.66. The smallest absolute Gasteiger partial charge is 0.320 e. The molecule has 0 spiro atoms. The summed E-state index contributed by atoms with van der Waals surface area (Å²) >= 11 is 0. The molecule has 2 aliphatic rings. The van der Waals surface area contributed by atoms with Gasteiger partial charge in [-0.3, -0.25) is 4.90 Å². The number of hydrogen-bond donors (Lipinski definition) is 0. The molecule has 110 valence electrons. The van der Waals surface area contributed by atoms with Crippen molar-refractivity contribution in [3.63, 3.8) is 0 Å². The van der Waals surface area contributed by atoms with Crippen molar-refractivity contribution in [2.75, 3.05) is 45.8 Å². The fourth-order valence-corrected chi connectivity index (χ4v) is 3.20. The van der Waals surface area contributed by atoms with Crippen LogP contribution in [0.3, 0.4) is 0 Å². The number of piperidine rings is 1. The van der Waals surface area contributed by atoms with E-state index >= 15 is 0 Å². The summed E-state index contributed by atoms with van der Waals surface area (Å²) in [5.74, 6) is 1.38. The van der Waals surface area contributed by atoms with Crippen LogP contribution < -0.4 is 0 Å². The van der Waals surface area contributed by atoms with Gasteiger partial charge in [0.2, 0.25) is 0 Å². The number of carbonyl (C=O) groups is 1. The van der Waals surface area contributed by atoms with Gasteiger partial charge in [-0.15, -0.1) is 0 Å². The third-order valence-electron chi connectivity index (χ3n) is 4.19. The lowest BCUT2D eigenvalue weighted by molar-refractivity contribution is 0.0962. The molecule has 0 aromatic carbocycles. The predicted molar refractivity (Wildman–Crippen MR) is 78.2 cm³/mol. The Bertz CT molecular complexity index is 298. The highest BCUT2D eigenvalue weighted by molar-refractivity contribution is 5.74. The maximum atomic E-state index is 12.5. The molecule has 0 bridgehead atoms. The lowest BCUT2D eigenvalue weighted by atomic mass is 10.0. The molecule has 2 rings (SSSR count). The van der Waals surface area contributed by atoms with E-state index in [2.05, 4.69) is 35.5 Å². The van der Waals surface area contributed by atoms with Crippen LogP contribution in [0.5, 0.6) is 0 Å². The van der Waals surface area contributed by atoms with Crippen molar-refractivity contribution in [1.82, 2.24) is 14.7 Å². The first kappa shape index (κ1) is 14.6. The van der Waals surface area contributed by atoms with E-state index < -0.39 is 0 Å². The first-order chi connectivity index (χ1) is 9.06. The number of rotatable bonds is 2. The number of hydrogen-bond acceptors (Lipinski definition) is 2. The quantitative estimate of drug-likeness (QED) is 0.766. The van der Waals surface area contributed by atoms with Crippen LogP contribution >= 0.6 is 0 Å². The summed E-state index contributed by atoms with van der Waals surface area (Å²) in [6.45, 7) is 13.7. The molecule has 19 heavy (non-hydrogen) atoms. The van der Waals surface area contributed by atoms with Crippen LogP contribution in [0.15, 0.2) is 0 Å². The van der Waals surface area contributed by atoms with Crippen LogP contribution in [0.4, 0.5) is 4.79 Å². The zero-order valence-corrected chi connectivity index (χ0v) is 12.8. The van der Waals surface area contributed by atoms with E-state index in [0.29, 0.717) is 11.8 Å². The fraction of sp³-hybridized carbons (Fsp3) is 0.933. The Morgan fingerprint density at radius 3 is 2.37 bits per heavy atom. The molecule has 0 aliphatic carbocycles. The van der Waals surface area contributed by atoms with Crippen LogP contribution in [0.2, 0.25) is 0 Å². The Kier molecular flexibility index (Phi) is 5.08. The highest BCUT2D eigenvalue weighted by atomic mass is 16.2. The zero-order valence-electron chi connectivity index (χ0n) is 12.8. The lowest BCUT2D eigenvalue weighted by Crippen LogP contribution is -2.54. The van der Waals surface area contributed by atoms with Crippen molar-refractivity contribution in [3.8, 4) is 0 Å². The molecule has 0 saturated carbocycles. The number of likely N-dealkylation sites (tertiary alicyclic amines) is 1. The minimum atomic E-state index is 0.274. The average Bonchev–Trinajstić information content (AvgIpc) is 2.38. The standard InChI is InChI=1S/C15H29N3O/c1-13(2)11-16-7-9-17(10-8-16)15(19)18-6-4-5-14(3)12-18/h13-14H,4-12H2,1-3H3. The molecule has 2 amide bonds. The molecule has 4 nitrogen and oxygen atoms in total. The van der Waals surface area contributed by atoms with Crippen molar-refractivity contribution in [2.45, 2.75) is 33.6 Å². The summed E-state index contributed by atoms with van der Waals surface area (Å²) in [4.78, 5) is 19.1. The van der Waals surface area contributed by atoms with Crippen LogP contribution in [0, 0.1) is 11.8 Å². The monoisotopic (exact) mass is 267 g/mol. The van der Waals surface area contributed by atoms with Crippen LogP contribution in [0.1, 0.15) is 33.6 Å². The van der Waals surface area contributed by atoms with E-state index in [4.69, 9.17) is 0 Å². The van der Waals surface area contributed by atoms with Crippen LogP contribution in [0.25, 0.3) is 0 Å². The van der Waals surface area contributed by atoms with Gasteiger partial charge < -0.3 is 9.80 Å². The maximum Gasteiger partial charge on any atom is 0.320 e. The van der Waals surface area contributed by atoms with Gasteiger partial charge in [0, 0.05) is 45.8 Å². The molecular weight excluding hydrogens is 238 g/mol. The van der Waals surface area contributed by atoms with Gasteiger partial charge in [-0.2, -0.15) is 0 Å². The summed E-state index contributed by atoms with van der Waals surface area (Å²) in [5.41, 5.74) is 0. The second kappa shape index (κ2) is 6.60. The summed E-state index contributed by atoms with van der Waals surface area (Å²) in [6, 6.07) is 0.274. The van der Waals surface area contributed by atoms with Crippen LogP contribution in [-0.2, 0) is 0 Å². The Morgan fingerprint density at radius 2 is 1.79 bits per heavy atom. The number of amides is 2. The topological polar surface area (TPSA) is 26.8 Å². The molecule has 4 heteroatoms. The average molecular weight is 267 g/mol. The molecule has 0 N–H and O–H groups in total. The van der Waals surface area contributed by atoms with E-state index in [0.717, 1.165) is 45.8 Å². The Balaban J connectivity index is 1.78. The summed E-state index contributed by atoms with van der Waals surface area (Å²) in [6.07, 6.45) is 2.44. The summed E-state index contributed by atoms with van der Waals surface area (Å²) in [5, 5.41) is 0. The van der Waals surface area contributed by atoms with E-state index in [1.807, 2.05) is 0 Å². The molecule has 2 heterocycles. The molecule has 1 atom stereocenters. The number of nitrogens with zero attached hydrogens (tertiary/aromatic N) is 3. The third kappa shape index (κ3) is 4.10. The molecule has 1 unspecified atom stereocenters. The van der Waals surface area contributed by atoms with Gasteiger partial charge in [-0.05, 0) is 24.7 Å². The normalized spacial score (nSPS) is 26.0.